The first-order valence-electron chi connectivity index (χ1n) is 9.23. The molecule has 0 aliphatic heterocycles. The van der Waals surface area contributed by atoms with Gasteiger partial charge in [0.1, 0.15) is 0 Å². The zero-order valence-electron chi connectivity index (χ0n) is 15.2. The third kappa shape index (κ3) is 9.67. The SMILES string of the molecule is CCC(CSCCc1ccccc1)SCCSCCc1ccccc1. The summed E-state index contributed by atoms with van der Waals surface area (Å²) in [7, 11) is 0. The maximum absolute atomic E-state index is 2.33. The van der Waals surface area contributed by atoms with Gasteiger partial charge < -0.3 is 0 Å². The Bertz CT molecular complexity index is 542. The van der Waals surface area contributed by atoms with E-state index < -0.39 is 0 Å². The van der Waals surface area contributed by atoms with Crippen molar-refractivity contribution in [2.75, 3.05) is 28.8 Å². The highest BCUT2D eigenvalue weighted by molar-refractivity contribution is 8.04. The van der Waals surface area contributed by atoms with Crippen molar-refractivity contribution >= 4 is 35.3 Å². The van der Waals surface area contributed by atoms with Gasteiger partial charge in [0.25, 0.3) is 0 Å². The van der Waals surface area contributed by atoms with E-state index in [1.54, 1.807) is 0 Å². The van der Waals surface area contributed by atoms with Crippen molar-refractivity contribution in [1.29, 1.82) is 0 Å². The van der Waals surface area contributed by atoms with Crippen LogP contribution in [0.2, 0.25) is 0 Å². The molecule has 3 heteroatoms. The second kappa shape index (κ2) is 13.7. The summed E-state index contributed by atoms with van der Waals surface area (Å²) in [4.78, 5) is 0. The number of thioether (sulfide) groups is 3. The molecule has 1 atom stereocenters. The molecule has 0 spiro atoms. The molecule has 2 aromatic carbocycles. The maximum Gasteiger partial charge on any atom is 0.0135 e. The van der Waals surface area contributed by atoms with E-state index in [9.17, 15) is 0 Å². The zero-order chi connectivity index (χ0) is 17.6. The fourth-order valence-electron chi connectivity index (χ4n) is 2.54. The molecular formula is C22H30S3. The van der Waals surface area contributed by atoms with E-state index in [1.165, 1.54) is 59.2 Å². The molecule has 0 aliphatic carbocycles. The molecule has 0 heterocycles. The topological polar surface area (TPSA) is 0 Å². The number of aryl methyl sites for hydroxylation is 2. The molecule has 0 fully saturated rings. The average molecular weight is 391 g/mol. The smallest absolute Gasteiger partial charge is 0.0135 e. The van der Waals surface area contributed by atoms with Crippen molar-refractivity contribution in [2.24, 2.45) is 0 Å². The molecule has 1 unspecified atom stereocenters. The zero-order valence-corrected chi connectivity index (χ0v) is 17.7. The van der Waals surface area contributed by atoms with E-state index >= 15 is 0 Å². The summed E-state index contributed by atoms with van der Waals surface area (Å²) in [6, 6.07) is 21.7. The minimum absolute atomic E-state index is 0.815. The van der Waals surface area contributed by atoms with Gasteiger partial charge in [0, 0.05) is 22.5 Å². The van der Waals surface area contributed by atoms with Gasteiger partial charge in [-0.2, -0.15) is 35.3 Å². The number of hydrogen-bond acceptors (Lipinski definition) is 3. The molecule has 25 heavy (non-hydrogen) atoms. The van der Waals surface area contributed by atoms with Crippen LogP contribution in [-0.2, 0) is 12.8 Å². The summed E-state index contributed by atoms with van der Waals surface area (Å²) < 4.78 is 0. The summed E-state index contributed by atoms with van der Waals surface area (Å²) >= 11 is 6.39. The molecule has 136 valence electrons. The summed E-state index contributed by atoms with van der Waals surface area (Å²) in [5.41, 5.74) is 2.93. The van der Waals surface area contributed by atoms with E-state index in [0.29, 0.717) is 0 Å². The fourth-order valence-corrected chi connectivity index (χ4v) is 6.27. The van der Waals surface area contributed by atoms with Crippen LogP contribution in [-0.4, -0.2) is 34.0 Å². The van der Waals surface area contributed by atoms with Crippen molar-refractivity contribution in [1.82, 2.24) is 0 Å². The molecule has 0 aliphatic rings. The van der Waals surface area contributed by atoms with Gasteiger partial charge in [-0.1, -0.05) is 67.6 Å². The quantitative estimate of drug-likeness (QED) is 0.361. The lowest BCUT2D eigenvalue weighted by Gasteiger charge is -2.14. The van der Waals surface area contributed by atoms with E-state index in [2.05, 4.69) is 103 Å². The van der Waals surface area contributed by atoms with Crippen LogP contribution in [0.1, 0.15) is 24.5 Å². The summed E-state index contributed by atoms with van der Waals surface area (Å²) in [6.07, 6.45) is 3.68. The second-order valence-corrected chi connectivity index (χ2v) is 9.84. The van der Waals surface area contributed by atoms with Crippen molar-refractivity contribution in [3.63, 3.8) is 0 Å². The van der Waals surface area contributed by atoms with Crippen molar-refractivity contribution < 1.29 is 0 Å². The Morgan fingerprint density at radius 1 is 0.680 bits per heavy atom. The van der Waals surface area contributed by atoms with Crippen molar-refractivity contribution in [3.8, 4) is 0 Å². The molecular weight excluding hydrogens is 360 g/mol. The maximum atomic E-state index is 2.33. The first kappa shape index (κ1) is 20.8. The van der Waals surface area contributed by atoms with Crippen molar-refractivity contribution in [2.45, 2.75) is 31.4 Å². The normalized spacial score (nSPS) is 12.2. The summed E-state index contributed by atoms with van der Waals surface area (Å²) in [6.45, 7) is 2.33. The van der Waals surface area contributed by atoms with Gasteiger partial charge in [-0.3, -0.25) is 0 Å². The van der Waals surface area contributed by atoms with Crippen LogP contribution in [0.15, 0.2) is 60.7 Å². The molecule has 2 rings (SSSR count). The predicted molar refractivity (Wildman–Crippen MR) is 121 cm³/mol. The lowest BCUT2D eigenvalue weighted by Crippen LogP contribution is -2.07. The first-order valence-corrected chi connectivity index (χ1v) is 12.6. The third-order valence-electron chi connectivity index (χ3n) is 4.10. The molecule has 0 radical (unpaired) electrons. The van der Waals surface area contributed by atoms with Crippen LogP contribution in [0.5, 0.6) is 0 Å². The second-order valence-electron chi connectivity index (χ2n) is 6.06. The van der Waals surface area contributed by atoms with Crippen LogP contribution >= 0.6 is 35.3 Å². The minimum Gasteiger partial charge on any atom is -0.161 e. The standard InChI is InChI=1S/C22H30S3/c1-2-22(19-24-16-14-21-11-7-4-8-12-21)25-18-17-23-15-13-20-9-5-3-6-10-20/h3-12,22H,2,13-19H2,1H3. The van der Waals surface area contributed by atoms with Crippen LogP contribution in [0.25, 0.3) is 0 Å². The Kier molecular flexibility index (Phi) is 11.4. The summed E-state index contributed by atoms with van der Waals surface area (Å²) in [5.74, 6) is 6.35. The molecule has 2 aromatic rings. The van der Waals surface area contributed by atoms with Crippen molar-refractivity contribution in [3.05, 3.63) is 71.8 Å². The van der Waals surface area contributed by atoms with Crippen LogP contribution in [0.3, 0.4) is 0 Å². The Morgan fingerprint density at radius 2 is 1.24 bits per heavy atom. The Labute approximate surface area is 167 Å². The highest BCUT2D eigenvalue weighted by Crippen LogP contribution is 2.21. The number of benzene rings is 2. The Morgan fingerprint density at radius 3 is 1.80 bits per heavy atom. The minimum atomic E-state index is 0.815. The molecule has 0 amide bonds. The first-order chi connectivity index (χ1) is 12.4. The Balaban J connectivity index is 1.47. The number of hydrogen-bond donors (Lipinski definition) is 0. The van der Waals surface area contributed by atoms with Crippen LogP contribution < -0.4 is 0 Å². The van der Waals surface area contributed by atoms with Gasteiger partial charge in [-0.25, -0.2) is 0 Å². The van der Waals surface area contributed by atoms with Gasteiger partial charge in [0.2, 0.25) is 0 Å². The Hall–Kier alpha value is -0.510. The lowest BCUT2D eigenvalue weighted by molar-refractivity contribution is 0.915. The molecule has 0 aromatic heterocycles. The van der Waals surface area contributed by atoms with Gasteiger partial charge in [-0.15, -0.1) is 0 Å². The van der Waals surface area contributed by atoms with Gasteiger partial charge in [0.15, 0.2) is 0 Å². The van der Waals surface area contributed by atoms with Crippen LogP contribution in [0, 0.1) is 0 Å². The van der Waals surface area contributed by atoms with Crippen LogP contribution in [0.4, 0.5) is 0 Å². The molecule has 0 saturated heterocycles. The lowest BCUT2D eigenvalue weighted by atomic mass is 10.2. The molecule has 0 nitrogen and oxygen atoms in total. The third-order valence-corrected chi connectivity index (χ3v) is 8.09. The summed E-state index contributed by atoms with van der Waals surface area (Å²) in [5, 5.41) is 0.815. The largest absolute Gasteiger partial charge is 0.161 e. The van der Waals surface area contributed by atoms with E-state index in [1.807, 2.05) is 0 Å². The van der Waals surface area contributed by atoms with Gasteiger partial charge >= 0.3 is 0 Å². The number of rotatable bonds is 13. The predicted octanol–water partition coefficient (Wildman–Crippen LogP) is 6.45. The average Bonchev–Trinajstić information content (AvgIpc) is 2.67. The highest BCUT2D eigenvalue weighted by atomic mass is 32.2. The van der Waals surface area contributed by atoms with E-state index in [0.717, 1.165) is 5.25 Å². The van der Waals surface area contributed by atoms with Gasteiger partial charge in [0.05, 0.1) is 0 Å². The van der Waals surface area contributed by atoms with Gasteiger partial charge in [-0.05, 0) is 41.9 Å². The van der Waals surface area contributed by atoms with E-state index in [4.69, 9.17) is 0 Å². The van der Waals surface area contributed by atoms with E-state index in [-0.39, 0.29) is 0 Å². The highest BCUT2D eigenvalue weighted by Gasteiger charge is 2.07. The molecule has 0 bridgehead atoms. The fraction of sp³-hybridized carbons (Fsp3) is 0.455. The monoisotopic (exact) mass is 390 g/mol. The molecule has 0 saturated carbocycles. The molecule has 0 N–H and O–H groups in total.